The molecule has 0 unspecified atom stereocenters. The van der Waals surface area contributed by atoms with Gasteiger partial charge in [0.25, 0.3) is 0 Å². The Morgan fingerprint density at radius 3 is 2.54 bits per heavy atom. The van der Waals surface area contributed by atoms with Crippen LogP contribution in [0.25, 0.3) is 11.5 Å². The van der Waals surface area contributed by atoms with E-state index in [1.807, 2.05) is 18.2 Å². The summed E-state index contributed by atoms with van der Waals surface area (Å²) in [6, 6.07) is 13.4. The number of benzene rings is 2. The van der Waals surface area contributed by atoms with E-state index >= 15 is 0 Å². The summed E-state index contributed by atoms with van der Waals surface area (Å²) in [4.78, 5) is 19.2. The minimum absolute atomic E-state index is 0.175. The molecule has 0 atom stereocenters. The first-order chi connectivity index (χ1) is 11.5. The number of hydrogen-bond acceptors (Lipinski definition) is 5. The molecule has 120 valence electrons. The van der Waals surface area contributed by atoms with Crippen LogP contribution >= 0.6 is 15.9 Å². The van der Waals surface area contributed by atoms with Gasteiger partial charge in [-0.05, 0) is 52.3 Å². The van der Waals surface area contributed by atoms with E-state index in [9.17, 15) is 9.90 Å². The Bertz CT molecular complexity index is 917. The third-order valence-corrected chi connectivity index (χ3v) is 3.88. The Hall–Kier alpha value is -2.93. The van der Waals surface area contributed by atoms with Crippen molar-refractivity contribution in [2.45, 2.75) is 0 Å². The highest BCUT2D eigenvalue weighted by Gasteiger charge is 2.14. The van der Waals surface area contributed by atoms with Crippen LogP contribution < -0.4 is 0 Å². The van der Waals surface area contributed by atoms with E-state index in [0.29, 0.717) is 11.3 Å². The molecule has 0 bridgehead atoms. The summed E-state index contributed by atoms with van der Waals surface area (Å²) in [6.07, 6.45) is 1.36. The Morgan fingerprint density at radius 2 is 1.88 bits per heavy atom. The molecule has 0 aliphatic carbocycles. The van der Waals surface area contributed by atoms with Gasteiger partial charge in [-0.3, -0.25) is 4.99 Å². The summed E-state index contributed by atoms with van der Waals surface area (Å²) < 4.78 is 6.06. The fourth-order valence-corrected chi connectivity index (χ4v) is 2.44. The second-order valence-electron chi connectivity index (χ2n) is 4.80. The maximum Gasteiger partial charge on any atom is 0.335 e. The molecule has 3 rings (SSSR count). The van der Waals surface area contributed by atoms with Gasteiger partial charge in [0.2, 0.25) is 5.89 Å². The van der Waals surface area contributed by atoms with Crippen molar-refractivity contribution in [2.24, 2.45) is 4.99 Å². The van der Waals surface area contributed by atoms with Crippen LogP contribution in [0.5, 0.6) is 5.95 Å². The third kappa shape index (κ3) is 3.36. The predicted molar refractivity (Wildman–Crippen MR) is 92.0 cm³/mol. The lowest BCUT2D eigenvalue weighted by atomic mass is 10.2. The number of aliphatic imine (C=N–C) groups is 1. The zero-order chi connectivity index (χ0) is 17.1. The van der Waals surface area contributed by atoms with E-state index in [0.717, 1.165) is 4.47 Å². The van der Waals surface area contributed by atoms with Gasteiger partial charge < -0.3 is 14.6 Å². The van der Waals surface area contributed by atoms with E-state index in [-0.39, 0.29) is 23.1 Å². The average Bonchev–Trinajstić information content (AvgIpc) is 2.94. The largest absolute Gasteiger partial charge is 0.479 e. The maximum absolute atomic E-state index is 10.8. The second kappa shape index (κ2) is 6.67. The van der Waals surface area contributed by atoms with Crippen molar-refractivity contribution in [3.8, 4) is 17.4 Å². The van der Waals surface area contributed by atoms with Crippen LogP contribution in [0.15, 0.2) is 62.4 Å². The number of nitrogens with zero attached hydrogens (tertiary/aromatic N) is 2. The van der Waals surface area contributed by atoms with Crippen LogP contribution in [0.2, 0.25) is 0 Å². The fourth-order valence-electron chi connectivity index (χ4n) is 1.98. The van der Waals surface area contributed by atoms with Crippen LogP contribution in [-0.4, -0.2) is 27.4 Å². The van der Waals surface area contributed by atoms with Gasteiger partial charge in [0.15, 0.2) is 5.69 Å². The molecule has 0 fully saturated rings. The maximum atomic E-state index is 10.8. The van der Waals surface area contributed by atoms with Crippen LogP contribution in [0, 0.1) is 0 Å². The van der Waals surface area contributed by atoms with Gasteiger partial charge in [0.05, 0.1) is 23.0 Å². The molecular weight excluding hydrogens is 376 g/mol. The first kappa shape index (κ1) is 15.9. The molecule has 0 spiro atoms. The van der Waals surface area contributed by atoms with E-state index < -0.39 is 5.97 Å². The Kier molecular flexibility index (Phi) is 4.43. The number of rotatable bonds is 4. The standard InChI is InChI=1S/C17H11BrN2O4/c18-13-4-2-1-3-12(13)15-20-14(17(23)24-15)9-19-11-7-5-10(6-8-11)16(21)22/h1-9,23H,(H,21,22). The number of aromatic nitrogens is 1. The molecule has 0 saturated heterocycles. The minimum Gasteiger partial charge on any atom is -0.479 e. The summed E-state index contributed by atoms with van der Waals surface area (Å²) in [5.74, 6) is -1.08. The van der Waals surface area contributed by atoms with Crippen molar-refractivity contribution in [3.63, 3.8) is 0 Å². The first-order valence-corrected chi connectivity index (χ1v) is 7.66. The van der Waals surface area contributed by atoms with Gasteiger partial charge >= 0.3 is 11.9 Å². The van der Waals surface area contributed by atoms with Crippen molar-refractivity contribution in [1.82, 2.24) is 4.98 Å². The summed E-state index contributed by atoms with van der Waals surface area (Å²) in [5, 5.41) is 18.7. The molecule has 6 nitrogen and oxygen atoms in total. The molecule has 7 heteroatoms. The van der Waals surface area contributed by atoms with Gasteiger partial charge in [-0.15, -0.1) is 0 Å². The van der Waals surface area contributed by atoms with Crippen LogP contribution in [0.3, 0.4) is 0 Å². The number of hydrogen-bond donors (Lipinski definition) is 2. The van der Waals surface area contributed by atoms with Crippen molar-refractivity contribution in [2.75, 3.05) is 0 Å². The number of halogens is 1. The second-order valence-corrected chi connectivity index (χ2v) is 5.65. The number of oxazole rings is 1. The third-order valence-electron chi connectivity index (χ3n) is 3.19. The molecule has 2 N–H and O–H groups in total. The molecule has 24 heavy (non-hydrogen) atoms. The van der Waals surface area contributed by atoms with E-state index in [2.05, 4.69) is 25.9 Å². The first-order valence-electron chi connectivity index (χ1n) is 6.86. The molecule has 0 saturated carbocycles. The highest BCUT2D eigenvalue weighted by Crippen LogP contribution is 2.31. The normalized spacial score (nSPS) is 11.0. The SMILES string of the molecule is O=C(O)c1ccc(N=Cc2nc(-c3ccccc3Br)oc2O)cc1. The van der Waals surface area contributed by atoms with Gasteiger partial charge in [-0.2, -0.15) is 0 Å². The minimum atomic E-state index is -1.00. The quantitative estimate of drug-likeness (QED) is 0.653. The predicted octanol–water partition coefficient (Wildman–Crippen LogP) is 4.26. The Labute approximate surface area is 145 Å². The average molecular weight is 387 g/mol. The number of aromatic hydroxyl groups is 1. The van der Waals surface area contributed by atoms with Crippen molar-refractivity contribution in [1.29, 1.82) is 0 Å². The lowest BCUT2D eigenvalue weighted by Gasteiger charge is -1.97. The molecule has 0 aliphatic heterocycles. The van der Waals surface area contributed by atoms with E-state index in [1.54, 1.807) is 18.2 Å². The monoisotopic (exact) mass is 386 g/mol. The number of carbonyl (C=O) groups is 1. The summed E-state index contributed by atoms with van der Waals surface area (Å²) in [6.45, 7) is 0. The van der Waals surface area contributed by atoms with Crippen LogP contribution in [-0.2, 0) is 0 Å². The molecule has 0 aliphatic rings. The van der Waals surface area contributed by atoms with Crippen LogP contribution in [0.4, 0.5) is 5.69 Å². The van der Waals surface area contributed by atoms with Crippen molar-refractivity contribution in [3.05, 3.63) is 64.3 Å². The fraction of sp³-hybridized carbons (Fsp3) is 0. The zero-order valence-electron chi connectivity index (χ0n) is 12.2. The molecule has 3 aromatic rings. The molecule has 0 amide bonds. The van der Waals surface area contributed by atoms with Crippen molar-refractivity contribution < 1.29 is 19.4 Å². The molecule has 1 aromatic heterocycles. The topological polar surface area (TPSA) is 95.9 Å². The van der Waals surface area contributed by atoms with E-state index in [4.69, 9.17) is 9.52 Å². The highest BCUT2D eigenvalue weighted by atomic mass is 79.9. The van der Waals surface area contributed by atoms with Gasteiger partial charge in [-0.1, -0.05) is 12.1 Å². The Balaban J connectivity index is 1.85. The Morgan fingerprint density at radius 1 is 1.17 bits per heavy atom. The number of aromatic carboxylic acids is 1. The summed E-state index contributed by atoms with van der Waals surface area (Å²) >= 11 is 3.40. The van der Waals surface area contributed by atoms with Gasteiger partial charge in [0.1, 0.15) is 0 Å². The lowest BCUT2D eigenvalue weighted by molar-refractivity contribution is 0.0697. The number of carboxylic acids is 1. The van der Waals surface area contributed by atoms with E-state index in [1.165, 1.54) is 18.3 Å². The molecule has 0 radical (unpaired) electrons. The smallest absolute Gasteiger partial charge is 0.335 e. The number of carboxylic acid groups (broad SMARTS) is 1. The molecule has 2 aromatic carbocycles. The summed E-state index contributed by atoms with van der Waals surface area (Å²) in [7, 11) is 0. The van der Waals surface area contributed by atoms with Crippen LogP contribution in [0.1, 0.15) is 16.1 Å². The highest BCUT2D eigenvalue weighted by molar-refractivity contribution is 9.10. The van der Waals surface area contributed by atoms with Crippen molar-refractivity contribution >= 4 is 33.8 Å². The molecule has 1 heterocycles. The summed E-state index contributed by atoms with van der Waals surface area (Å²) in [5.41, 5.74) is 1.60. The van der Waals surface area contributed by atoms with Gasteiger partial charge in [-0.25, -0.2) is 9.78 Å². The molecular formula is C17H11BrN2O4. The zero-order valence-corrected chi connectivity index (χ0v) is 13.8. The van der Waals surface area contributed by atoms with Gasteiger partial charge in [0, 0.05) is 4.47 Å². The lowest BCUT2D eigenvalue weighted by Crippen LogP contribution is -1.94.